The lowest BCUT2D eigenvalue weighted by Crippen LogP contribution is -2.59. The first-order valence-electron chi connectivity index (χ1n) is 15.1. The molecule has 3 aliphatic carbocycles. The molecule has 45 heavy (non-hydrogen) atoms. The lowest BCUT2D eigenvalue weighted by molar-refractivity contribution is -0.148. The summed E-state index contributed by atoms with van der Waals surface area (Å²) >= 11 is 3.27. The van der Waals surface area contributed by atoms with Crippen molar-refractivity contribution in [2.75, 3.05) is 13.7 Å². The molecule has 0 spiro atoms. The van der Waals surface area contributed by atoms with Gasteiger partial charge in [0.15, 0.2) is 0 Å². The van der Waals surface area contributed by atoms with Crippen molar-refractivity contribution in [2.45, 2.75) is 87.6 Å². The highest BCUT2D eigenvalue weighted by Gasteiger charge is 2.62. The SMILES string of the molecule is C=C[C@@H]1C[C@]1(NC(=O)C1C[C@@H](OS(=O)(=O)c2ccc(Br)cc2)CN1C(=O)[C@@H](NC(=O)O[C@@H]1C[C@@H]2C[C@@H]2C1)C(C)(C)C)C(=O)OC. The summed E-state index contributed by atoms with van der Waals surface area (Å²) < 4.78 is 43.1. The summed E-state index contributed by atoms with van der Waals surface area (Å²) in [5.74, 6) is -1.11. The zero-order valence-corrected chi connectivity index (χ0v) is 28.2. The lowest BCUT2D eigenvalue weighted by atomic mass is 9.85. The molecule has 0 radical (unpaired) electrons. The van der Waals surface area contributed by atoms with E-state index in [4.69, 9.17) is 13.7 Å². The van der Waals surface area contributed by atoms with Crippen LogP contribution in [-0.2, 0) is 38.2 Å². The first-order valence-corrected chi connectivity index (χ1v) is 17.3. The first kappa shape index (κ1) is 33.4. The van der Waals surface area contributed by atoms with Crippen molar-refractivity contribution in [1.82, 2.24) is 15.5 Å². The highest BCUT2D eigenvalue weighted by molar-refractivity contribution is 9.10. The Morgan fingerprint density at radius 2 is 1.71 bits per heavy atom. The maximum Gasteiger partial charge on any atom is 0.408 e. The number of hydrogen-bond donors (Lipinski definition) is 2. The van der Waals surface area contributed by atoms with E-state index in [2.05, 4.69) is 33.1 Å². The van der Waals surface area contributed by atoms with E-state index in [0.29, 0.717) is 16.3 Å². The number of benzene rings is 1. The second kappa shape index (κ2) is 12.3. The van der Waals surface area contributed by atoms with Gasteiger partial charge < -0.3 is 25.0 Å². The molecule has 0 bridgehead atoms. The van der Waals surface area contributed by atoms with Gasteiger partial charge in [0, 0.05) is 23.4 Å². The van der Waals surface area contributed by atoms with E-state index in [1.165, 1.54) is 24.1 Å². The van der Waals surface area contributed by atoms with Crippen LogP contribution in [0.1, 0.15) is 52.9 Å². The van der Waals surface area contributed by atoms with Crippen LogP contribution in [0.25, 0.3) is 0 Å². The number of likely N-dealkylation sites (tertiary alicyclic amines) is 1. The number of carbonyl (C=O) groups excluding carboxylic acids is 4. The second-order valence-corrected chi connectivity index (χ2v) is 16.1. The Labute approximate surface area is 271 Å². The van der Waals surface area contributed by atoms with Gasteiger partial charge in [0.05, 0.1) is 18.1 Å². The fraction of sp³-hybridized carbons (Fsp3) is 0.613. The smallest absolute Gasteiger partial charge is 0.408 e. The summed E-state index contributed by atoms with van der Waals surface area (Å²) in [6.45, 7) is 8.77. The largest absolute Gasteiger partial charge is 0.467 e. The van der Waals surface area contributed by atoms with E-state index in [1.54, 1.807) is 39.0 Å². The van der Waals surface area contributed by atoms with Gasteiger partial charge in [-0.25, -0.2) is 9.59 Å². The maximum atomic E-state index is 14.2. The van der Waals surface area contributed by atoms with Crippen molar-refractivity contribution >= 4 is 49.9 Å². The number of rotatable bonds is 10. The quantitative estimate of drug-likeness (QED) is 0.211. The van der Waals surface area contributed by atoms with E-state index in [9.17, 15) is 27.6 Å². The maximum absolute atomic E-state index is 14.2. The molecule has 14 heteroatoms. The molecule has 1 aliphatic heterocycles. The average Bonchev–Trinajstić information content (AvgIpc) is 3.78. The van der Waals surface area contributed by atoms with Crippen molar-refractivity contribution in [3.63, 3.8) is 0 Å². The number of nitrogens with one attached hydrogen (secondary N) is 2. The van der Waals surface area contributed by atoms with Gasteiger partial charge in [-0.3, -0.25) is 13.8 Å². The number of ether oxygens (including phenoxy) is 2. The second-order valence-electron chi connectivity index (χ2n) is 13.6. The van der Waals surface area contributed by atoms with E-state index >= 15 is 0 Å². The monoisotopic (exact) mass is 709 g/mol. The number of fused-ring (bicyclic) bond motifs is 1. The normalized spacial score (nSPS) is 30.9. The summed E-state index contributed by atoms with van der Waals surface area (Å²) in [5.41, 5.74) is -2.15. The van der Waals surface area contributed by atoms with E-state index in [-0.39, 0.29) is 36.3 Å². The molecular formula is C31H40BrN3O9S. The number of halogens is 1. The molecule has 0 aromatic heterocycles. The van der Waals surface area contributed by atoms with Gasteiger partial charge in [-0.15, -0.1) is 6.58 Å². The van der Waals surface area contributed by atoms with Crippen LogP contribution in [0.3, 0.4) is 0 Å². The first-order chi connectivity index (χ1) is 21.1. The minimum absolute atomic E-state index is 0.0885. The molecule has 1 aromatic carbocycles. The Hall–Kier alpha value is -2.97. The summed E-state index contributed by atoms with van der Waals surface area (Å²) in [4.78, 5) is 54.8. The third-order valence-electron chi connectivity index (χ3n) is 9.26. The standard InChI is InChI=1S/C31H40BrN3O9S/c1-6-19-15-31(19,28(38)42-5)34-26(36)24-14-22(44-45(40,41)23-9-7-20(32)8-10-23)16-35(24)27(37)25(30(2,3)4)33-29(39)43-21-12-17-11-18(17)13-21/h6-10,17-19,21-22,24-25H,1,11-16H2,2-5H3,(H,33,39)(H,34,36)/t17-,18+,19-,21+,22-,24?,25-,31-/m1/s1. The molecule has 3 saturated carbocycles. The highest BCUT2D eigenvalue weighted by atomic mass is 79.9. The number of nitrogens with zero attached hydrogens (tertiary/aromatic N) is 1. The van der Waals surface area contributed by atoms with Crippen LogP contribution < -0.4 is 10.6 Å². The number of amides is 3. The van der Waals surface area contributed by atoms with Gasteiger partial charge in [0.1, 0.15) is 23.7 Å². The minimum atomic E-state index is -4.26. The summed E-state index contributed by atoms with van der Waals surface area (Å²) in [7, 11) is -3.05. The molecule has 8 atom stereocenters. The zero-order valence-electron chi connectivity index (χ0n) is 25.8. The number of esters is 1. The Balaban J connectivity index is 1.37. The fourth-order valence-electron chi connectivity index (χ4n) is 6.56. The van der Waals surface area contributed by atoms with Crippen LogP contribution in [0.15, 0.2) is 46.3 Å². The average molecular weight is 711 g/mol. The predicted octanol–water partition coefficient (Wildman–Crippen LogP) is 3.30. The number of hydrogen-bond acceptors (Lipinski definition) is 9. The topological polar surface area (TPSA) is 157 Å². The van der Waals surface area contributed by atoms with E-state index in [1.807, 2.05) is 0 Å². The van der Waals surface area contributed by atoms with Gasteiger partial charge in [-0.1, -0.05) is 42.8 Å². The Bertz CT molecular complexity index is 1470. The molecule has 1 unspecified atom stereocenters. The van der Waals surface area contributed by atoms with Gasteiger partial charge >= 0.3 is 12.1 Å². The molecule has 5 rings (SSSR count). The Morgan fingerprint density at radius 1 is 1.07 bits per heavy atom. The fourth-order valence-corrected chi connectivity index (χ4v) is 7.90. The van der Waals surface area contributed by atoms with Crippen LogP contribution in [0.2, 0.25) is 0 Å². The molecule has 1 aromatic rings. The van der Waals surface area contributed by atoms with Crippen LogP contribution in [0.4, 0.5) is 4.79 Å². The molecular weight excluding hydrogens is 670 g/mol. The highest BCUT2D eigenvalue weighted by Crippen LogP contribution is 2.52. The van der Waals surface area contributed by atoms with Gasteiger partial charge in [0.25, 0.3) is 10.1 Å². The van der Waals surface area contributed by atoms with Crippen molar-refractivity contribution in [1.29, 1.82) is 0 Å². The summed E-state index contributed by atoms with van der Waals surface area (Å²) in [5, 5.41) is 5.45. The van der Waals surface area contributed by atoms with Crippen LogP contribution in [0, 0.1) is 23.2 Å². The van der Waals surface area contributed by atoms with Gasteiger partial charge in [0.2, 0.25) is 11.8 Å². The minimum Gasteiger partial charge on any atom is -0.467 e. The molecule has 1 saturated heterocycles. The van der Waals surface area contributed by atoms with Crippen LogP contribution >= 0.6 is 15.9 Å². The molecule has 1 heterocycles. The van der Waals surface area contributed by atoms with Crippen molar-refractivity contribution < 1.29 is 41.3 Å². The lowest BCUT2D eigenvalue weighted by Gasteiger charge is -2.35. The van der Waals surface area contributed by atoms with Gasteiger partial charge in [-0.2, -0.15) is 8.42 Å². The third-order valence-corrected chi connectivity index (χ3v) is 11.2. The summed E-state index contributed by atoms with van der Waals surface area (Å²) in [6, 6.07) is 3.55. The van der Waals surface area contributed by atoms with Crippen molar-refractivity contribution in [2.24, 2.45) is 23.2 Å². The predicted molar refractivity (Wildman–Crippen MR) is 165 cm³/mol. The van der Waals surface area contributed by atoms with Crippen LogP contribution in [-0.4, -0.2) is 80.7 Å². The summed E-state index contributed by atoms with van der Waals surface area (Å²) in [6.07, 6.45) is 2.40. The third kappa shape index (κ3) is 7.07. The molecule has 12 nitrogen and oxygen atoms in total. The van der Waals surface area contributed by atoms with Crippen LogP contribution in [0.5, 0.6) is 0 Å². The molecule has 3 amide bonds. The van der Waals surface area contributed by atoms with Gasteiger partial charge in [-0.05, 0) is 67.2 Å². The Kier molecular flexibility index (Phi) is 9.15. The molecule has 4 fully saturated rings. The number of carbonyl (C=O) groups is 4. The number of methoxy groups -OCH3 is 1. The molecule has 246 valence electrons. The molecule has 4 aliphatic rings. The number of alkyl carbamates (subject to hydrolysis) is 1. The van der Waals surface area contributed by atoms with E-state index in [0.717, 1.165) is 19.3 Å². The van der Waals surface area contributed by atoms with Crippen molar-refractivity contribution in [3.05, 3.63) is 41.4 Å². The Morgan fingerprint density at radius 3 is 2.27 bits per heavy atom. The van der Waals surface area contributed by atoms with Crippen molar-refractivity contribution in [3.8, 4) is 0 Å². The van der Waals surface area contributed by atoms with E-state index < -0.39 is 63.1 Å². The zero-order chi connectivity index (χ0) is 32.9. The molecule has 2 N–H and O–H groups in total.